The summed E-state index contributed by atoms with van der Waals surface area (Å²) in [6, 6.07) is 4.38. The van der Waals surface area contributed by atoms with Gasteiger partial charge in [0.1, 0.15) is 5.82 Å². The molecule has 1 aromatic rings. The molecule has 5 heteroatoms. The zero-order chi connectivity index (χ0) is 17.8. The smallest absolute Gasteiger partial charge is 0.254 e. The molecule has 1 amide bonds. The number of nitrogens with one attached hydrogen (secondary N) is 1. The van der Waals surface area contributed by atoms with Crippen LogP contribution in [0.2, 0.25) is 0 Å². The number of aliphatic hydroxyl groups is 2. The van der Waals surface area contributed by atoms with Crippen molar-refractivity contribution in [2.45, 2.75) is 47.1 Å². The van der Waals surface area contributed by atoms with Crippen molar-refractivity contribution in [2.24, 2.45) is 10.8 Å². The molecule has 0 radical (unpaired) electrons. The van der Waals surface area contributed by atoms with Gasteiger partial charge in [0, 0.05) is 6.54 Å². The summed E-state index contributed by atoms with van der Waals surface area (Å²) in [6.07, 6.45) is -0.458. The molecule has 0 aliphatic rings. The lowest BCUT2D eigenvalue weighted by molar-refractivity contribution is 0.00378. The van der Waals surface area contributed by atoms with Gasteiger partial charge in [-0.1, -0.05) is 40.7 Å². The van der Waals surface area contributed by atoms with E-state index >= 15 is 0 Å². The standard InChI is InChI=1S/C18H28FNO3/c1-17(2,3)11-20-16(23)13-8-12(6-7-14(13)19)9-18(4,5)15(22)10-21/h6-8,15,21-22H,9-11H2,1-5H3,(H,20,23). The van der Waals surface area contributed by atoms with Crippen molar-refractivity contribution < 1.29 is 19.4 Å². The zero-order valence-electron chi connectivity index (χ0n) is 14.6. The van der Waals surface area contributed by atoms with Crippen molar-refractivity contribution in [3.05, 3.63) is 35.1 Å². The van der Waals surface area contributed by atoms with Crippen LogP contribution in [-0.4, -0.2) is 35.4 Å². The van der Waals surface area contributed by atoms with Crippen LogP contribution in [0.1, 0.15) is 50.5 Å². The Labute approximate surface area is 137 Å². The minimum absolute atomic E-state index is 0.000961. The van der Waals surface area contributed by atoms with E-state index < -0.39 is 23.2 Å². The molecule has 3 N–H and O–H groups in total. The molecule has 23 heavy (non-hydrogen) atoms. The summed E-state index contributed by atoms with van der Waals surface area (Å²) < 4.78 is 13.9. The third-order valence-corrected chi connectivity index (χ3v) is 3.79. The molecule has 0 spiro atoms. The second-order valence-corrected chi connectivity index (χ2v) is 7.92. The van der Waals surface area contributed by atoms with E-state index in [2.05, 4.69) is 5.32 Å². The van der Waals surface area contributed by atoms with Crippen molar-refractivity contribution >= 4 is 5.91 Å². The molecule has 130 valence electrons. The quantitative estimate of drug-likeness (QED) is 0.753. The number of aliphatic hydroxyl groups excluding tert-OH is 2. The Kier molecular flexibility index (Phi) is 6.31. The third kappa shape index (κ3) is 5.92. The van der Waals surface area contributed by atoms with Crippen LogP contribution in [0.4, 0.5) is 4.39 Å². The summed E-state index contributed by atoms with van der Waals surface area (Å²) in [6.45, 7) is 9.70. The van der Waals surface area contributed by atoms with Crippen LogP contribution in [0.25, 0.3) is 0 Å². The second kappa shape index (κ2) is 7.41. The van der Waals surface area contributed by atoms with Gasteiger partial charge in [-0.3, -0.25) is 4.79 Å². The number of rotatable bonds is 6. The molecule has 1 rings (SSSR count). The SMILES string of the molecule is CC(C)(C)CNC(=O)c1cc(CC(C)(C)C(O)CO)ccc1F. The van der Waals surface area contributed by atoms with Gasteiger partial charge >= 0.3 is 0 Å². The predicted molar refractivity (Wildman–Crippen MR) is 88.8 cm³/mol. The first kappa shape index (κ1) is 19.6. The number of amides is 1. The molecule has 1 aromatic carbocycles. The fourth-order valence-electron chi connectivity index (χ4n) is 2.19. The van der Waals surface area contributed by atoms with E-state index in [-0.39, 0.29) is 17.6 Å². The van der Waals surface area contributed by atoms with Crippen molar-refractivity contribution in [3.8, 4) is 0 Å². The number of carbonyl (C=O) groups excluding carboxylic acids is 1. The molecule has 0 saturated carbocycles. The van der Waals surface area contributed by atoms with Crippen LogP contribution in [0.15, 0.2) is 18.2 Å². The maximum Gasteiger partial charge on any atom is 0.254 e. The Balaban J connectivity index is 2.93. The summed E-state index contributed by atoms with van der Waals surface area (Å²) >= 11 is 0. The molecule has 4 nitrogen and oxygen atoms in total. The lowest BCUT2D eigenvalue weighted by Crippen LogP contribution is -2.35. The van der Waals surface area contributed by atoms with E-state index in [1.165, 1.54) is 12.1 Å². The molecule has 0 aliphatic carbocycles. The Morgan fingerprint density at radius 3 is 2.39 bits per heavy atom. The highest BCUT2D eigenvalue weighted by Gasteiger charge is 2.28. The summed E-state index contributed by atoms with van der Waals surface area (Å²) in [5.41, 5.74) is 0.0775. The lowest BCUT2D eigenvalue weighted by Gasteiger charge is -2.29. The summed E-state index contributed by atoms with van der Waals surface area (Å²) in [4.78, 5) is 12.2. The normalized spacial score (nSPS) is 13.7. The van der Waals surface area contributed by atoms with Gasteiger partial charge in [-0.25, -0.2) is 4.39 Å². The second-order valence-electron chi connectivity index (χ2n) is 7.92. The Bertz CT molecular complexity index is 550. The highest BCUT2D eigenvalue weighted by Crippen LogP contribution is 2.27. The van der Waals surface area contributed by atoms with Gasteiger partial charge in [-0.05, 0) is 34.9 Å². The number of hydrogen-bond donors (Lipinski definition) is 3. The maximum atomic E-state index is 13.9. The van der Waals surface area contributed by atoms with Gasteiger partial charge in [0.25, 0.3) is 5.91 Å². The average molecular weight is 325 g/mol. The summed E-state index contributed by atoms with van der Waals surface area (Å²) in [5, 5.41) is 21.7. The largest absolute Gasteiger partial charge is 0.394 e. The van der Waals surface area contributed by atoms with Gasteiger partial charge in [-0.15, -0.1) is 0 Å². The first-order valence-corrected chi connectivity index (χ1v) is 7.82. The van der Waals surface area contributed by atoms with E-state index in [0.29, 0.717) is 13.0 Å². The molecule has 1 unspecified atom stereocenters. The zero-order valence-corrected chi connectivity index (χ0v) is 14.6. The molecular formula is C18H28FNO3. The van der Waals surface area contributed by atoms with E-state index in [1.54, 1.807) is 6.07 Å². The minimum atomic E-state index is -0.884. The van der Waals surface area contributed by atoms with Crippen LogP contribution in [0.5, 0.6) is 0 Å². The molecule has 1 atom stereocenters. The van der Waals surface area contributed by atoms with Crippen LogP contribution in [0.3, 0.4) is 0 Å². The van der Waals surface area contributed by atoms with Crippen LogP contribution >= 0.6 is 0 Å². The van der Waals surface area contributed by atoms with Gasteiger partial charge in [0.05, 0.1) is 18.3 Å². The molecule has 0 aromatic heterocycles. The van der Waals surface area contributed by atoms with Crippen LogP contribution < -0.4 is 5.32 Å². The number of benzene rings is 1. The predicted octanol–water partition coefficient (Wildman–Crippen LogP) is 2.52. The van der Waals surface area contributed by atoms with Crippen molar-refractivity contribution in [1.29, 1.82) is 0 Å². The van der Waals surface area contributed by atoms with E-state index in [9.17, 15) is 14.3 Å². The molecule has 0 bridgehead atoms. The van der Waals surface area contributed by atoms with Crippen LogP contribution in [0, 0.1) is 16.6 Å². The summed E-state index contributed by atoms with van der Waals surface area (Å²) in [7, 11) is 0. The summed E-state index contributed by atoms with van der Waals surface area (Å²) in [5.74, 6) is -1.01. The van der Waals surface area contributed by atoms with Crippen molar-refractivity contribution in [1.82, 2.24) is 5.32 Å². The monoisotopic (exact) mass is 325 g/mol. The molecular weight excluding hydrogens is 297 g/mol. The Hall–Kier alpha value is -1.46. The minimum Gasteiger partial charge on any atom is -0.394 e. The fraction of sp³-hybridized carbons (Fsp3) is 0.611. The van der Waals surface area contributed by atoms with Crippen LogP contribution in [-0.2, 0) is 6.42 Å². The van der Waals surface area contributed by atoms with E-state index in [0.717, 1.165) is 5.56 Å². The molecule has 0 saturated heterocycles. The van der Waals surface area contributed by atoms with E-state index in [1.807, 2.05) is 34.6 Å². The van der Waals surface area contributed by atoms with Gasteiger partial charge in [0.2, 0.25) is 0 Å². The average Bonchev–Trinajstić information content (AvgIpc) is 2.44. The number of hydrogen-bond acceptors (Lipinski definition) is 3. The fourth-order valence-corrected chi connectivity index (χ4v) is 2.19. The Morgan fingerprint density at radius 1 is 1.26 bits per heavy atom. The number of carbonyl (C=O) groups is 1. The molecule has 0 heterocycles. The van der Waals surface area contributed by atoms with Crippen molar-refractivity contribution in [2.75, 3.05) is 13.2 Å². The van der Waals surface area contributed by atoms with E-state index in [4.69, 9.17) is 5.11 Å². The first-order chi connectivity index (χ1) is 10.5. The molecule has 0 aliphatic heterocycles. The van der Waals surface area contributed by atoms with Gasteiger partial charge < -0.3 is 15.5 Å². The van der Waals surface area contributed by atoms with Crippen molar-refractivity contribution in [3.63, 3.8) is 0 Å². The van der Waals surface area contributed by atoms with Gasteiger partial charge in [0.15, 0.2) is 0 Å². The first-order valence-electron chi connectivity index (χ1n) is 7.82. The number of halogens is 1. The Morgan fingerprint density at radius 2 is 1.87 bits per heavy atom. The third-order valence-electron chi connectivity index (χ3n) is 3.79. The topological polar surface area (TPSA) is 69.6 Å². The highest BCUT2D eigenvalue weighted by molar-refractivity contribution is 5.94. The maximum absolute atomic E-state index is 13.9. The van der Waals surface area contributed by atoms with Gasteiger partial charge in [-0.2, -0.15) is 0 Å². The lowest BCUT2D eigenvalue weighted by atomic mass is 9.80. The highest BCUT2D eigenvalue weighted by atomic mass is 19.1. The molecule has 0 fully saturated rings.